The van der Waals surface area contributed by atoms with Crippen molar-refractivity contribution in [2.24, 2.45) is 4.99 Å². The van der Waals surface area contributed by atoms with Crippen LogP contribution in [0.1, 0.15) is 6.42 Å². The molecule has 1 amide bonds. The number of para-hydroxylation sites is 1. The van der Waals surface area contributed by atoms with E-state index in [1.54, 1.807) is 11.8 Å². The van der Waals surface area contributed by atoms with E-state index in [9.17, 15) is 4.79 Å². The topological polar surface area (TPSA) is 65.5 Å². The molecule has 0 spiro atoms. The number of aliphatic imine (C=N–C) groups is 1. The van der Waals surface area contributed by atoms with Crippen LogP contribution in [0.15, 0.2) is 35.3 Å². The highest BCUT2D eigenvalue weighted by Crippen LogP contribution is 2.26. The molecule has 0 radical (unpaired) electrons. The van der Waals surface area contributed by atoms with Gasteiger partial charge in [0.25, 0.3) is 0 Å². The average molecular weight is 262 g/mol. The van der Waals surface area contributed by atoms with Gasteiger partial charge in [0.1, 0.15) is 11.2 Å². The second-order valence-electron chi connectivity index (χ2n) is 4.18. The van der Waals surface area contributed by atoms with Gasteiger partial charge in [-0.1, -0.05) is 30.0 Å². The van der Waals surface area contributed by atoms with E-state index in [0.29, 0.717) is 13.1 Å². The molecule has 94 valence electrons. The van der Waals surface area contributed by atoms with E-state index in [2.05, 4.69) is 20.9 Å². The highest BCUT2D eigenvalue weighted by molar-refractivity contribution is 8.15. The van der Waals surface area contributed by atoms with Gasteiger partial charge in [-0.05, 0) is 12.1 Å². The molecule has 2 aliphatic heterocycles. The van der Waals surface area contributed by atoms with Crippen LogP contribution < -0.4 is 16.0 Å². The first-order valence-corrected chi connectivity index (χ1v) is 6.74. The van der Waals surface area contributed by atoms with Gasteiger partial charge in [0, 0.05) is 5.69 Å². The van der Waals surface area contributed by atoms with Crippen LogP contribution in [0.3, 0.4) is 0 Å². The lowest BCUT2D eigenvalue weighted by molar-refractivity contribution is -0.116. The van der Waals surface area contributed by atoms with Gasteiger partial charge in [-0.25, -0.2) is 0 Å². The summed E-state index contributed by atoms with van der Waals surface area (Å²) in [6.45, 7) is 0.670. The third-order valence-corrected chi connectivity index (χ3v) is 4.01. The number of amides is 1. The number of benzene rings is 1. The molecule has 6 heteroatoms. The lowest BCUT2D eigenvalue weighted by atomic mass is 10.3. The summed E-state index contributed by atoms with van der Waals surface area (Å²) in [5.41, 5.74) is 0.834. The second-order valence-corrected chi connectivity index (χ2v) is 5.41. The summed E-state index contributed by atoms with van der Waals surface area (Å²) in [4.78, 5) is 16.2. The first kappa shape index (κ1) is 11.7. The standard InChI is InChI=1S/C12H14N4OS/c17-9(15-8-4-2-1-3-5-8)6-10-16-11-12(18-10)14-7-13-11/h1-5,10-11,13,16H,6-7H2,(H,15,17). The Morgan fingerprint density at radius 2 is 2.28 bits per heavy atom. The maximum atomic E-state index is 11.9. The molecule has 2 aliphatic rings. The van der Waals surface area contributed by atoms with Crippen LogP contribution in [0, 0.1) is 0 Å². The van der Waals surface area contributed by atoms with Crippen molar-refractivity contribution in [1.82, 2.24) is 10.6 Å². The summed E-state index contributed by atoms with van der Waals surface area (Å²) in [5.74, 6) is 0.0202. The minimum Gasteiger partial charge on any atom is -0.326 e. The monoisotopic (exact) mass is 262 g/mol. The number of fused-ring (bicyclic) bond motifs is 1. The number of nitrogens with one attached hydrogen (secondary N) is 3. The van der Waals surface area contributed by atoms with E-state index in [1.165, 1.54) is 0 Å². The van der Waals surface area contributed by atoms with Crippen LogP contribution in [0.4, 0.5) is 5.69 Å². The van der Waals surface area contributed by atoms with Gasteiger partial charge >= 0.3 is 0 Å². The molecular weight excluding hydrogens is 248 g/mol. The first-order chi connectivity index (χ1) is 8.81. The van der Waals surface area contributed by atoms with Crippen LogP contribution in [-0.2, 0) is 4.79 Å². The van der Waals surface area contributed by atoms with Crippen molar-refractivity contribution >= 4 is 28.4 Å². The summed E-state index contributed by atoms with van der Waals surface area (Å²) in [7, 11) is 0. The molecule has 2 unspecified atom stereocenters. The van der Waals surface area contributed by atoms with Gasteiger partial charge in [-0.3, -0.25) is 20.4 Å². The zero-order valence-corrected chi connectivity index (χ0v) is 10.5. The molecular formula is C12H14N4OS. The van der Waals surface area contributed by atoms with Crippen LogP contribution in [0.2, 0.25) is 0 Å². The number of hydrogen-bond acceptors (Lipinski definition) is 5. The maximum Gasteiger partial charge on any atom is 0.226 e. The SMILES string of the molecule is O=C(CC1NC2NCN=C2S1)Nc1ccccc1. The van der Waals surface area contributed by atoms with Crippen molar-refractivity contribution in [1.29, 1.82) is 0 Å². The highest BCUT2D eigenvalue weighted by Gasteiger charge is 2.34. The molecule has 1 fully saturated rings. The molecule has 3 N–H and O–H groups in total. The molecule has 1 saturated heterocycles. The molecule has 0 saturated carbocycles. The quantitative estimate of drug-likeness (QED) is 0.759. The summed E-state index contributed by atoms with van der Waals surface area (Å²) >= 11 is 1.64. The van der Waals surface area contributed by atoms with Gasteiger partial charge in [0.15, 0.2) is 0 Å². The Morgan fingerprint density at radius 3 is 3.06 bits per heavy atom. The van der Waals surface area contributed by atoms with Crippen LogP contribution >= 0.6 is 11.8 Å². The van der Waals surface area contributed by atoms with Gasteiger partial charge in [0.05, 0.1) is 18.5 Å². The predicted molar refractivity (Wildman–Crippen MR) is 73.4 cm³/mol. The maximum absolute atomic E-state index is 11.9. The fourth-order valence-electron chi connectivity index (χ4n) is 2.00. The van der Waals surface area contributed by atoms with Crippen LogP contribution in [-0.4, -0.2) is 29.2 Å². The molecule has 2 heterocycles. The van der Waals surface area contributed by atoms with Crippen LogP contribution in [0.5, 0.6) is 0 Å². The summed E-state index contributed by atoms with van der Waals surface area (Å²) in [5, 5.41) is 10.6. The Labute approximate surface area is 109 Å². The summed E-state index contributed by atoms with van der Waals surface area (Å²) < 4.78 is 0. The Morgan fingerprint density at radius 1 is 1.44 bits per heavy atom. The number of thioether (sulfide) groups is 1. The molecule has 18 heavy (non-hydrogen) atoms. The Bertz CT molecular complexity index is 476. The average Bonchev–Trinajstić information content (AvgIpc) is 2.90. The van der Waals surface area contributed by atoms with E-state index < -0.39 is 0 Å². The number of rotatable bonds is 3. The molecule has 1 aromatic rings. The molecule has 0 bridgehead atoms. The largest absolute Gasteiger partial charge is 0.326 e. The lowest BCUT2D eigenvalue weighted by Crippen LogP contribution is -2.41. The molecule has 2 atom stereocenters. The van der Waals surface area contributed by atoms with E-state index >= 15 is 0 Å². The first-order valence-electron chi connectivity index (χ1n) is 5.86. The van der Waals surface area contributed by atoms with Crippen LogP contribution in [0.25, 0.3) is 0 Å². The van der Waals surface area contributed by atoms with Crippen molar-refractivity contribution in [2.45, 2.75) is 18.0 Å². The molecule has 1 aromatic carbocycles. The number of hydrogen-bond donors (Lipinski definition) is 3. The second kappa shape index (κ2) is 5.09. The minimum absolute atomic E-state index is 0.0202. The Hall–Kier alpha value is -1.37. The highest BCUT2D eigenvalue weighted by atomic mass is 32.2. The van der Waals surface area contributed by atoms with E-state index in [-0.39, 0.29) is 17.4 Å². The van der Waals surface area contributed by atoms with Crippen molar-refractivity contribution < 1.29 is 4.79 Å². The zero-order chi connectivity index (χ0) is 12.4. The van der Waals surface area contributed by atoms with Crippen molar-refractivity contribution in [3.63, 3.8) is 0 Å². The number of anilines is 1. The number of nitrogens with zero attached hydrogens (tertiary/aromatic N) is 1. The third-order valence-electron chi connectivity index (χ3n) is 2.82. The van der Waals surface area contributed by atoms with E-state index in [4.69, 9.17) is 0 Å². The smallest absolute Gasteiger partial charge is 0.226 e. The van der Waals surface area contributed by atoms with Crippen molar-refractivity contribution in [3.8, 4) is 0 Å². The summed E-state index contributed by atoms with van der Waals surface area (Å²) in [6.07, 6.45) is 0.584. The third kappa shape index (κ3) is 2.55. The number of carbonyl (C=O) groups is 1. The predicted octanol–water partition coefficient (Wildman–Crippen LogP) is 0.963. The fraction of sp³-hybridized carbons (Fsp3) is 0.333. The van der Waals surface area contributed by atoms with Crippen molar-refractivity contribution in [3.05, 3.63) is 30.3 Å². The lowest BCUT2D eigenvalue weighted by Gasteiger charge is -2.11. The van der Waals surface area contributed by atoms with E-state index in [1.807, 2.05) is 30.3 Å². The molecule has 5 nitrogen and oxygen atoms in total. The zero-order valence-electron chi connectivity index (χ0n) is 9.72. The van der Waals surface area contributed by atoms with E-state index in [0.717, 1.165) is 10.7 Å². The minimum atomic E-state index is 0.0202. The van der Waals surface area contributed by atoms with Gasteiger partial charge in [-0.15, -0.1) is 0 Å². The van der Waals surface area contributed by atoms with Gasteiger partial charge in [-0.2, -0.15) is 0 Å². The van der Waals surface area contributed by atoms with Crippen molar-refractivity contribution in [2.75, 3.05) is 12.0 Å². The number of carbonyl (C=O) groups excluding carboxylic acids is 1. The summed E-state index contributed by atoms with van der Waals surface area (Å²) in [6, 6.07) is 9.50. The molecule has 0 aliphatic carbocycles. The normalized spacial score (nSPS) is 25.7. The van der Waals surface area contributed by atoms with Gasteiger partial charge < -0.3 is 5.32 Å². The fourth-order valence-corrected chi connectivity index (χ4v) is 3.15. The molecule has 3 rings (SSSR count). The Balaban J connectivity index is 1.53. The Kier molecular flexibility index (Phi) is 3.31. The molecule has 0 aromatic heterocycles. The van der Waals surface area contributed by atoms with Gasteiger partial charge in [0.2, 0.25) is 5.91 Å².